The molecule has 2 aliphatic rings. The summed E-state index contributed by atoms with van der Waals surface area (Å²) in [6.07, 6.45) is 4.05. The minimum atomic E-state index is -0.195. The molecule has 0 spiro atoms. The number of amides is 2. The zero-order valence-electron chi connectivity index (χ0n) is 21.4. The fraction of sp³-hybridized carbons (Fsp3) is 0.290. The normalized spacial score (nSPS) is 18.5. The number of nitrogens with one attached hydrogen (secondary N) is 1. The van der Waals surface area contributed by atoms with Gasteiger partial charge in [-0.05, 0) is 74.3 Å². The number of aryl methyl sites for hydroxylation is 1. The van der Waals surface area contributed by atoms with Crippen LogP contribution in [-0.4, -0.2) is 42.4 Å². The molecule has 6 heteroatoms. The summed E-state index contributed by atoms with van der Waals surface area (Å²) < 4.78 is 6.02. The quantitative estimate of drug-likeness (QED) is 0.459. The number of carbonyl (C=O) groups excluding carboxylic acids is 2. The third-order valence-corrected chi connectivity index (χ3v) is 7.13. The summed E-state index contributed by atoms with van der Waals surface area (Å²) in [6, 6.07) is 23.4. The fourth-order valence-corrected chi connectivity index (χ4v) is 5.15. The van der Waals surface area contributed by atoms with E-state index in [2.05, 4.69) is 23.2 Å². The first kappa shape index (κ1) is 24.8. The van der Waals surface area contributed by atoms with Gasteiger partial charge in [0.25, 0.3) is 11.8 Å². The lowest BCUT2D eigenvalue weighted by Crippen LogP contribution is -2.40. The summed E-state index contributed by atoms with van der Waals surface area (Å²) >= 11 is 0. The number of para-hydroxylation sites is 2. The van der Waals surface area contributed by atoms with E-state index in [0.717, 1.165) is 41.9 Å². The number of ether oxygens (including phenoxy) is 1. The molecule has 2 heterocycles. The first-order valence-electron chi connectivity index (χ1n) is 13.0. The molecule has 3 aromatic rings. The average molecular weight is 496 g/mol. The maximum Gasteiger partial charge on any atom is 0.294 e. The minimum absolute atomic E-state index is 0.0783. The molecule has 190 valence electrons. The number of likely N-dealkylation sites (tertiary alicyclic amines) is 1. The van der Waals surface area contributed by atoms with Crippen LogP contribution in [0.5, 0.6) is 5.75 Å². The molecule has 0 aromatic heterocycles. The third kappa shape index (κ3) is 5.59. The van der Waals surface area contributed by atoms with Crippen LogP contribution < -0.4 is 15.0 Å². The molecule has 6 nitrogen and oxygen atoms in total. The Kier molecular flexibility index (Phi) is 7.37. The number of carbonyl (C=O) groups is 2. The molecule has 0 bridgehead atoms. The molecule has 37 heavy (non-hydrogen) atoms. The lowest BCUT2D eigenvalue weighted by Gasteiger charge is -2.30. The van der Waals surface area contributed by atoms with Gasteiger partial charge in [0.15, 0.2) is 11.5 Å². The van der Waals surface area contributed by atoms with E-state index in [4.69, 9.17) is 4.74 Å². The number of hydrogen-bond donors (Lipinski definition) is 1. The van der Waals surface area contributed by atoms with Gasteiger partial charge < -0.3 is 10.1 Å². The van der Waals surface area contributed by atoms with Crippen molar-refractivity contribution < 1.29 is 14.3 Å². The molecule has 0 saturated carbocycles. The summed E-state index contributed by atoms with van der Waals surface area (Å²) in [5, 5.41) is 3.08. The van der Waals surface area contributed by atoms with Crippen molar-refractivity contribution in [1.29, 1.82) is 0 Å². The number of nitrogens with zero attached hydrogens (tertiary/aromatic N) is 2. The van der Waals surface area contributed by atoms with Crippen molar-refractivity contribution in [2.45, 2.75) is 39.3 Å². The summed E-state index contributed by atoms with van der Waals surface area (Å²) in [5.41, 5.74) is 4.35. The second-order valence-corrected chi connectivity index (χ2v) is 9.72. The van der Waals surface area contributed by atoms with Crippen LogP contribution in [0.3, 0.4) is 0 Å². The van der Waals surface area contributed by atoms with E-state index in [1.807, 2.05) is 61.5 Å². The Morgan fingerprint density at radius 1 is 1.08 bits per heavy atom. The zero-order chi connectivity index (χ0) is 25.8. The lowest BCUT2D eigenvalue weighted by atomic mass is 10.1. The van der Waals surface area contributed by atoms with Crippen LogP contribution in [-0.2, 0) is 11.3 Å². The van der Waals surface area contributed by atoms with Crippen LogP contribution >= 0.6 is 0 Å². The van der Waals surface area contributed by atoms with Crippen molar-refractivity contribution in [2.75, 3.05) is 24.5 Å². The van der Waals surface area contributed by atoms with Gasteiger partial charge in [-0.2, -0.15) is 0 Å². The highest BCUT2D eigenvalue weighted by Gasteiger charge is 2.30. The smallest absolute Gasteiger partial charge is 0.294 e. The Bertz CT molecular complexity index is 1320. The minimum Gasteiger partial charge on any atom is -0.449 e. The predicted molar refractivity (Wildman–Crippen MR) is 146 cm³/mol. The van der Waals surface area contributed by atoms with E-state index in [-0.39, 0.29) is 17.6 Å². The van der Waals surface area contributed by atoms with E-state index in [1.54, 1.807) is 23.1 Å². The van der Waals surface area contributed by atoms with E-state index in [1.165, 1.54) is 6.42 Å². The third-order valence-electron chi connectivity index (χ3n) is 7.13. The predicted octanol–water partition coefficient (Wildman–Crippen LogP) is 5.18. The van der Waals surface area contributed by atoms with Gasteiger partial charge in [-0.15, -0.1) is 0 Å². The molecule has 1 N–H and O–H groups in total. The molecule has 0 radical (unpaired) electrons. The first-order valence-corrected chi connectivity index (χ1v) is 13.0. The second-order valence-electron chi connectivity index (χ2n) is 9.72. The van der Waals surface area contributed by atoms with E-state index in [9.17, 15) is 9.59 Å². The number of fused-ring (bicyclic) bond motifs is 1. The summed E-state index contributed by atoms with van der Waals surface area (Å²) in [5.74, 6) is 0.624. The van der Waals surface area contributed by atoms with Crippen LogP contribution in [0, 0.1) is 6.92 Å². The van der Waals surface area contributed by atoms with Crippen molar-refractivity contribution in [3.8, 4) is 5.75 Å². The molecule has 2 amide bonds. The molecular formula is C31H33N3O3. The summed E-state index contributed by atoms with van der Waals surface area (Å²) in [4.78, 5) is 30.3. The number of rotatable bonds is 7. The molecule has 0 aliphatic carbocycles. The Balaban J connectivity index is 1.31. The van der Waals surface area contributed by atoms with E-state index in [0.29, 0.717) is 30.4 Å². The summed E-state index contributed by atoms with van der Waals surface area (Å²) in [7, 11) is 0. The Morgan fingerprint density at radius 2 is 1.89 bits per heavy atom. The van der Waals surface area contributed by atoms with Gasteiger partial charge in [-0.25, -0.2) is 0 Å². The van der Waals surface area contributed by atoms with Gasteiger partial charge in [-0.3, -0.25) is 19.4 Å². The van der Waals surface area contributed by atoms with Crippen LogP contribution in [0.2, 0.25) is 0 Å². The fourth-order valence-electron chi connectivity index (χ4n) is 5.15. The second kappa shape index (κ2) is 11.0. The largest absolute Gasteiger partial charge is 0.449 e. The average Bonchev–Trinajstić information content (AvgIpc) is 3.38. The maximum absolute atomic E-state index is 13.5. The van der Waals surface area contributed by atoms with E-state index < -0.39 is 0 Å². The van der Waals surface area contributed by atoms with Crippen LogP contribution in [0.25, 0.3) is 6.08 Å². The monoisotopic (exact) mass is 495 g/mol. The SMILES string of the molecule is CCN1CCCC1CNC(=O)c1ccc(/C=C2\Oc3ccccc3N(Cc3cccc(C)c3)C2=O)cc1. The molecule has 2 aliphatic heterocycles. The molecule has 1 saturated heterocycles. The maximum atomic E-state index is 13.5. The summed E-state index contributed by atoms with van der Waals surface area (Å²) in [6.45, 7) is 7.44. The van der Waals surface area contributed by atoms with Crippen molar-refractivity contribution in [1.82, 2.24) is 10.2 Å². The van der Waals surface area contributed by atoms with E-state index >= 15 is 0 Å². The Hall–Kier alpha value is -3.90. The van der Waals surface area contributed by atoms with Gasteiger partial charge in [0.05, 0.1) is 12.2 Å². The van der Waals surface area contributed by atoms with Crippen LogP contribution in [0.4, 0.5) is 5.69 Å². The lowest BCUT2D eigenvalue weighted by molar-refractivity contribution is -0.117. The standard InChI is InChI=1S/C31H33N3O3/c1-3-33-17-7-10-26(33)20-32-30(35)25-15-13-23(14-16-25)19-29-31(36)34(21-24-9-6-8-22(2)18-24)27-11-4-5-12-28(27)37-29/h4-6,8-9,11-16,18-19,26H,3,7,10,17,20-21H2,1-2H3,(H,32,35)/b29-19-. The van der Waals surface area contributed by atoms with Gasteiger partial charge in [0.2, 0.25) is 0 Å². The van der Waals surface area contributed by atoms with Crippen molar-refractivity contribution in [2.24, 2.45) is 0 Å². The van der Waals surface area contributed by atoms with Crippen molar-refractivity contribution >= 4 is 23.6 Å². The topological polar surface area (TPSA) is 61.9 Å². The molecule has 1 fully saturated rings. The molecular weight excluding hydrogens is 462 g/mol. The highest BCUT2D eigenvalue weighted by atomic mass is 16.5. The van der Waals surface area contributed by atoms with Gasteiger partial charge in [0, 0.05) is 18.2 Å². The highest BCUT2D eigenvalue weighted by molar-refractivity contribution is 6.09. The van der Waals surface area contributed by atoms with Gasteiger partial charge >= 0.3 is 0 Å². The van der Waals surface area contributed by atoms with Gasteiger partial charge in [0.1, 0.15) is 0 Å². The van der Waals surface area contributed by atoms with Crippen molar-refractivity contribution in [3.05, 3.63) is 101 Å². The molecule has 5 rings (SSSR count). The van der Waals surface area contributed by atoms with Crippen LogP contribution in [0.1, 0.15) is 46.8 Å². The highest BCUT2D eigenvalue weighted by Crippen LogP contribution is 2.36. The number of benzene rings is 3. The zero-order valence-corrected chi connectivity index (χ0v) is 21.4. The first-order chi connectivity index (χ1) is 18.0. The number of likely N-dealkylation sites (N-methyl/N-ethyl adjacent to an activating group) is 1. The number of hydrogen-bond acceptors (Lipinski definition) is 4. The Labute approximate surface area is 218 Å². The molecule has 1 unspecified atom stereocenters. The van der Waals surface area contributed by atoms with Crippen LogP contribution in [0.15, 0.2) is 78.6 Å². The van der Waals surface area contributed by atoms with Gasteiger partial charge in [-0.1, -0.05) is 61.0 Å². The Morgan fingerprint density at radius 3 is 2.68 bits per heavy atom. The number of anilines is 1. The molecule has 1 atom stereocenters. The van der Waals surface area contributed by atoms with Crippen molar-refractivity contribution in [3.63, 3.8) is 0 Å². The molecule has 3 aromatic carbocycles.